The first kappa shape index (κ1) is 23.8. The summed E-state index contributed by atoms with van der Waals surface area (Å²) < 4.78 is 40.7. The van der Waals surface area contributed by atoms with Crippen LogP contribution in [-0.4, -0.2) is 30.1 Å². The third kappa shape index (κ3) is 5.97. The first-order valence-electron chi connectivity index (χ1n) is 10.6. The normalized spacial score (nSPS) is 15.9. The van der Waals surface area contributed by atoms with E-state index in [0.29, 0.717) is 17.7 Å². The van der Waals surface area contributed by atoms with E-state index in [1.54, 1.807) is 12.1 Å². The first-order chi connectivity index (χ1) is 16.7. The molecule has 0 aromatic heterocycles. The minimum Gasteiger partial charge on any atom is -0.406 e. The highest BCUT2D eigenvalue weighted by Crippen LogP contribution is 2.25. The van der Waals surface area contributed by atoms with Crippen molar-refractivity contribution >= 4 is 23.3 Å². The van der Waals surface area contributed by atoms with E-state index in [1.165, 1.54) is 12.1 Å². The predicted molar refractivity (Wildman–Crippen MR) is 124 cm³/mol. The Bertz CT molecular complexity index is 1270. The molecule has 0 spiro atoms. The summed E-state index contributed by atoms with van der Waals surface area (Å²) >= 11 is 0. The Morgan fingerprint density at radius 3 is 2.37 bits per heavy atom. The zero-order chi connectivity index (χ0) is 25.0. The molecule has 0 fully saturated rings. The van der Waals surface area contributed by atoms with Gasteiger partial charge in [-0.3, -0.25) is 4.79 Å². The number of ether oxygens (including phenoxy) is 1. The minimum atomic E-state index is -4.80. The molecule has 1 unspecified atom stereocenters. The Hall–Kier alpha value is -4.34. The summed E-state index contributed by atoms with van der Waals surface area (Å²) in [6.45, 7) is 1.85. The Balaban J connectivity index is 1.46. The van der Waals surface area contributed by atoms with Gasteiger partial charge in [0.05, 0.1) is 11.8 Å². The molecule has 180 valence electrons. The van der Waals surface area contributed by atoms with Crippen LogP contribution >= 0.6 is 0 Å². The number of benzene rings is 3. The number of carbonyl (C=O) groups excluding carboxylic acids is 2. The molecule has 0 aliphatic heterocycles. The molecule has 1 aliphatic carbocycles. The number of amides is 3. The van der Waals surface area contributed by atoms with E-state index in [2.05, 4.69) is 25.9 Å². The quantitative estimate of drug-likeness (QED) is 0.458. The molecule has 0 bridgehead atoms. The number of halogens is 3. The molecule has 3 amide bonds. The van der Waals surface area contributed by atoms with E-state index in [4.69, 9.17) is 0 Å². The van der Waals surface area contributed by atoms with Crippen molar-refractivity contribution in [1.29, 1.82) is 0 Å². The number of hydrazone groups is 1. The average molecular weight is 482 g/mol. The van der Waals surface area contributed by atoms with Crippen LogP contribution in [0.5, 0.6) is 5.75 Å². The van der Waals surface area contributed by atoms with E-state index in [9.17, 15) is 22.8 Å². The molecular formula is C25H21F3N4O3. The van der Waals surface area contributed by atoms with Crippen molar-refractivity contribution in [2.24, 2.45) is 5.10 Å². The van der Waals surface area contributed by atoms with Gasteiger partial charge in [-0.1, -0.05) is 42.5 Å². The van der Waals surface area contributed by atoms with E-state index < -0.39 is 24.2 Å². The van der Waals surface area contributed by atoms with E-state index in [-0.39, 0.29) is 11.6 Å². The number of aryl methyl sites for hydroxylation is 1. The summed E-state index contributed by atoms with van der Waals surface area (Å²) in [5.74, 6) is -0.655. The summed E-state index contributed by atoms with van der Waals surface area (Å²) in [5, 5.41) is 9.72. The number of nitrogens with one attached hydrogen (secondary N) is 3. The van der Waals surface area contributed by atoms with Crippen molar-refractivity contribution in [2.75, 3.05) is 5.32 Å². The van der Waals surface area contributed by atoms with Gasteiger partial charge in [-0.15, -0.1) is 13.2 Å². The highest BCUT2D eigenvalue weighted by atomic mass is 19.4. The maximum Gasteiger partial charge on any atom is 0.573 e. The van der Waals surface area contributed by atoms with Gasteiger partial charge in [0.25, 0.3) is 5.91 Å². The number of hydrogen-bond donors (Lipinski definition) is 3. The van der Waals surface area contributed by atoms with Crippen LogP contribution in [0, 0.1) is 6.92 Å². The molecule has 0 heterocycles. The molecule has 0 radical (unpaired) electrons. The van der Waals surface area contributed by atoms with Gasteiger partial charge in [0.1, 0.15) is 5.75 Å². The van der Waals surface area contributed by atoms with Gasteiger partial charge in [-0.2, -0.15) is 5.10 Å². The summed E-state index contributed by atoms with van der Waals surface area (Å²) in [6.07, 6.45) is -4.29. The number of urea groups is 1. The van der Waals surface area contributed by atoms with Gasteiger partial charge in [0.2, 0.25) is 0 Å². The van der Waals surface area contributed by atoms with E-state index in [1.807, 2.05) is 43.3 Å². The minimum absolute atomic E-state index is 0.244. The maximum atomic E-state index is 12.9. The van der Waals surface area contributed by atoms with Gasteiger partial charge < -0.3 is 15.4 Å². The Labute approximate surface area is 199 Å². The van der Waals surface area contributed by atoms with E-state index >= 15 is 0 Å². The molecule has 35 heavy (non-hydrogen) atoms. The van der Waals surface area contributed by atoms with Crippen LogP contribution in [0.3, 0.4) is 0 Å². The van der Waals surface area contributed by atoms with Crippen molar-refractivity contribution in [2.45, 2.75) is 25.7 Å². The average Bonchev–Trinajstić information content (AvgIpc) is 3.15. The molecule has 0 saturated heterocycles. The Morgan fingerprint density at radius 1 is 0.971 bits per heavy atom. The summed E-state index contributed by atoms with van der Waals surface area (Å²) in [5.41, 5.74) is 6.29. The highest BCUT2D eigenvalue weighted by Gasteiger charge is 2.31. The Kier molecular flexibility index (Phi) is 6.72. The van der Waals surface area contributed by atoms with Crippen LogP contribution in [0.25, 0.3) is 0 Å². The number of nitrogens with zero attached hydrogens (tertiary/aromatic N) is 1. The molecule has 0 saturated carbocycles. The number of hydrogen-bond acceptors (Lipinski definition) is 4. The number of rotatable bonds is 5. The van der Waals surface area contributed by atoms with Crippen LogP contribution < -0.4 is 20.8 Å². The number of carbonyl (C=O) groups is 2. The third-order valence-corrected chi connectivity index (χ3v) is 5.37. The zero-order valence-corrected chi connectivity index (χ0v) is 18.5. The highest BCUT2D eigenvalue weighted by molar-refractivity contribution is 6.11. The van der Waals surface area contributed by atoms with Crippen LogP contribution in [0.4, 0.5) is 23.7 Å². The molecular weight excluding hydrogens is 461 g/mol. The van der Waals surface area contributed by atoms with Crippen molar-refractivity contribution in [3.05, 3.63) is 95.1 Å². The van der Waals surface area contributed by atoms with Gasteiger partial charge in [-0.25, -0.2) is 10.2 Å². The second kappa shape index (κ2) is 9.88. The molecule has 3 aromatic carbocycles. The van der Waals surface area contributed by atoms with Crippen LogP contribution in [0.2, 0.25) is 0 Å². The van der Waals surface area contributed by atoms with Crippen molar-refractivity contribution in [3.63, 3.8) is 0 Å². The largest absolute Gasteiger partial charge is 0.573 e. The van der Waals surface area contributed by atoms with Gasteiger partial charge >= 0.3 is 12.4 Å². The second-order valence-corrected chi connectivity index (χ2v) is 7.84. The SMILES string of the molecule is Cc1ccccc1C(=O)NC1Cc2ccccc2/C1=N\NC(=O)Nc1ccc(OC(F)(F)F)cc1. The van der Waals surface area contributed by atoms with Crippen LogP contribution in [-0.2, 0) is 6.42 Å². The smallest absolute Gasteiger partial charge is 0.406 e. The fourth-order valence-corrected chi connectivity index (χ4v) is 3.78. The fourth-order valence-electron chi connectivity index (χ4n) is 3.78. The van der Waals surface area contributed by atoms with Gasteiger partial charge in [0.15, 0.2) is 0 Å². The lowest BCUT2D eigenvalue weighted by Gasteiger charge is -2.15. The molecule has 7 nitrogen and oxygen atoms in total. The topological polar surface area (TPSA) is 91.8 Å². The summed E-state index contributed by atoms with van der Waals surface area (Å²) in [4.78, 5) is 25.2. The number of anilines is 1. The van der Waals surface area contributed by atoms with Crippen molar-refractivity contribution < 1.29 is 27.5 Å². The standard InChI is InChI=1S/C25H21F3N4O3/c1-15-6-2-4-8-19(15)23(33)30-21-14-16-7-3-5-9-20(16)22(21)31-32-24(34)29-17-10-12-18(13-11-17)35-25(26,27)28/h2-13,21H,14H2,1H3,(H,30,33)(H2,29,32,34)/b31-22+. The zero-order valence-electron chi connectivity index (χ0n) is 18.5. The molecule has 3 aromatic rings. The molecule has 10 heteroatoms. The van der Waals surface area contributed by atoms with Crippen molar-refractivity contribution in [1.82, 2.24) is 10.7 Å². The fraction of sp³-hybridized carbons (Fsp3) is 0.160. The lowest BCUT2D eigenvalue weighted by Crippen LogP contribution is -2.41. The molecule has 3 N–H and O–H groups in total. The third-order valence-electron chi connectivity index (χ3n) is 5.37. The monoisotopic (exact) mass is 482 g/mol. The van der Waals surface area contributed by atoms with Gasteiger partial charge in [-0.05, 0) is 54.8 Å². The molecule has 1 aliphatic rings. The lowest BCUT2D eigenvalue weighted by atomic mass is 10.1. The van der Waals surface area contributed by atoms with Crippen LogP contribution in [0.1, 0.15) is 27.0 Å². The molecule has 1 atom stereocenters. The lowest BCUT2D eigenvalue weighted by molar-refractivity contribution is -0.274. The predicted octanol–water partition coefficient (Wildman–Crippen LogP) is 4.77. The van der Waals surface area contributed by atoms with Gasteiger partial charge in [0, 0.05) is 16.8 Å². The first-order valence-corrected chi connectivity index (χ1v) is 10.6. The van der Waals surface area contributed by atoms with Crippen LogP contribution in [0.15, 0.2) is 77.9 Å². The van der Waals surface area contributed by atoms with Crippen molar-refractivity contribution in [3.8, 4) is 5.75 Å². The Morgan fingerprint density at radius 2 is 1.66 bits per heavy atom. The van der Waals surface area contributed by atoms with E-state index in [0.717, 1.165) is 28.8 Å². The maximum absolute atomic E-state index is 12.9. The molecule has 4 rings (SSSR count). The summed E-state index contributed by atoms with van der Waals surface area (Å²) in [6, 6.07) is 18.3. The number of fused-ring (bicyclic) bond motifs is 1. The summed E-state index contributed by atoms with van der Waals surface area (Å²) in [7, 11) is 0. The number of alkyl halides is 3. The second-order valence-electron chi connectivity index (χ2n) is 7.84.